The molecule has 4 rings (SSSR count). The summed E-state index contributed by atoms with van der Waals surface area (Å²) in [5, 5.41) is 4.30. The van der Waals surface area contributed by atoms with Crippen molar-refractivity contribution in [1.82, 2.24) is 24.6 Å². The Morgan fingerprint density at radius 1 is 1.12 bits per heavy atom. The molecule has 0 bridgehead atoms. The SMILES string of the molecule is Cc1cc(-c2c(-c3ccc(F)cc3F)nc(N)n3ncnc23)cc(Cl)n1. The van der Waals surface area contributed by atoms with Crippen molar-refractivity contribution in [3.8, 4) is 22.4 Å². The van der Waals surface area contributed by atoms with Crippen LogP contribution in [0.15, 0.2) is 36.7 Å². The molecule has 130 valence electrons. The number of nitrogen functional groups attached to an aromatic ring is 1. The van der Waals surface area contributed by atoms with Gasteiger partial charge in [0.05, 0.1) is 11.3 Å². The predicted octanol–water partition coefficient (Wildman–Crippen LogP) is 3.68. The number of aromatic nitrogens is 5. The maximum atomic E-state index is 14.4. The molecule has 3 heterocycles. The minimum absolute atomic E-state index is 0.0249. The number of pyridine rings is 1. The zero-order chi connectivity index (χ0) is 18.4. The van der Waals surface area contributed by atoms with Gasteiger partial charge in [0, 0.05) is 17.3 Å². The van der Waals surface area contributed by atoms with Crippen molar-refractivity contribution in [1.29, 1.82) is 0 Å². The van der Waals surface area contributed by atoms with Gasteiger partial charge in [-0.3, -0.25) is 0 Å². The first-order valence-electron chi connectivity index (χ1n) is 7.53. The Kier molecular flexibility index (Phi) is 3.77. The Hall–Kier alpha value is -3.13. The first kappa shape index (κ1) is 16.3. The van der Waals surface area contributed by atoms with Crippen LogP contribution >= 0.6 is 11.6 Å². The van der Waals surface area contributed by atoms with E-state index in [4.69, 9.17) is 17.3 Å². The zero-order valence-corrected chi connectivity index (χ0v) is 14.2. The molecule has 0 unspecified atom stereocenters. The van der Waals surface area contributed by atoms with Gasteiger partial charge in [-0.05, 0) is 36.8 Å². The second-order valence-electron chi connectivity index (χ2n) is 5.63. The lowest BCUT2D eigenvalue weighted by molar-refractivity contribution is 0.585. The van der Waals surface area contributed by atoms with Crippen molar-refractivity contribution in [2.45, 2.75) is 6.92 Å². The number of halogens is 3. The van der Waals surface area contributed by atoms with Gasteiger partial charge < -0.3 is 5.73 Å². The van der Waals surface area contributed by atoms with Gasteiger partial charge in [-0.2, -0.15) is 9.61 Å². The van der Waals surface area contributed by atoms with Crippen LogP contribution in [0.4, 0.5) is 14.7 Å². The zero-order valence-electron chi connectivity index (χ0n) is 13.4. The molecule has 0 spiro atoms. The topological polar surface area (TPSA) is 82.0 Å². The third-order valence-electron chi connectivity index (χ3n) is 3.85. The van der Waals surface area contributed by atoms with E-state index in [9.17, 15) is 8.78 Å². The van der Waals surface area contributed by atoms with Crippen molar-refractivity contribution >= 4 is 23.2 Å². The van der Waals surface area contributed by atoms with Crippen LogP contribution in [0.1, 0.15) is 5.69 Å². The van der Waals surface area contributed by atoms with Gasteiger partial charge in [-0.1, -0.05) is 11.6 Å². The minimum atomic E-state index is -0.765. The average molecular weight is 373 g/mol. The number of benzene rings is 1. The van der Waals surface area contributed by atoms with E-state index in [2.05, 4.69) is 20.1 Å². The van der Waals surface area contributed by atoms with E-state index in [-0.39, 0.29) is 22.4 Å². The number of hydrogen-bond acceptors (Lipinski definition) is 5. The third-order valence-corrected chi connectivity index (χ3v) is 4.04. The molecule has 26 heavy (non-hydrogen) atoms. The Morgan fingerprint density at radius 2 is 1.92 bits per heavy atom. The molecule has 0 atom stereocenters. The van der Waals surface area contributed by atoms with E-state index in [1.807, 2.05) is 0 Å². The van der Waals surface area contributed by atoms with Crippen molar-refractivity contribution in [3.63, 3.8) is 0 Å². The molecule has 6 nitrogen and oxygen atoms in total. The maximum Gasteiger partial charge on any atom is 0.223 e. The van der Waals surface area contributed by atoms with Crippen molar-refractivity contribution in [2.24, 2.45) is 0 Å². The second kappa shape index (κ2) is 5.99. The molecule has 0 radical (unpaired) electrons. The standard InChI is InChI=1S/C17H11ClF2N6/c1-8-4-9(5-13(18)24-8)14-15(11-3-2-10(19)6-12(11)20)25-17(21)26-16(14)22-7-23-26/h2-7H,1H3,(H2,21,25). The molecule has 0 aliphatic rings. The van der Waals surface area contributed by atoms with Gasteiger partial charge in [0.2, 0.25) is 5.95 Å². The molecule has 0 saturated carbocycles. The highest BCUT2D eigenvalue weighted by Gasteiger charge is 2.21. The number of hydrogen-bond donors (Lipinski definition) is 1. The number of fused-ring (bicyclic) bond motifs is 1. The van der Waals surface area contributed by atoms with E-state index in [0.717, 1.165) is 12.1 Å². The lowest BCUT2D eigenvalue weighted by atomic mass is 10.00. The Balaban J connectivity index is 2.13. The summed E-state index contributed by atoms with van der Waals surface area (Å²) in [7, 11) is 0. The second-order valence-corrected chi connectivity index (χ2v) is 6.02. The van der Waals surface area contributed by atoms with Crippen molar-refractivity contribution in [3.05, 3.63) is 59.1 Å². The molecule has 2 N–H and O–H groups in total. The van der Waals surface area contributed by atoms with Gasteiger partial charge in [0.25, 0.3) is 0 Å². The number of nitrogens with zero attached hydrogens (tertiary/aromatic N) is 5. The van der Waals surface area contributed by atoms with Gasteiger partial charge in [-0.15, -0.1) is 0 Å². The normalized spacial score (nSPS) is 11.2. The predicted molar refractivity (Wildman–Crippen MR) is 93.5 cm³/mol. The molecular formula is C17H11ClF2N6. The molecule has 0 aliphatic heterocycles. The van der Waals surface area contributed by atoms with Crippen LogP contribution in [0.5, 0.6) is 0 Å². The summed E-state index contributed by atoms with van der Waals surface area (Å²) in [6.07, 6.45) is 1.32. The first-order valence-corrected chi connectivity index (χ1v) is 7.91. The van der Waals surface area contributed by atoms with Gasteiger partial charge in [0.15, 0.2) is 5.65 Å². The number of anilines is 1. The van der Waals surface area contributed by atoms with E-state index < -0.39 is 11.6 Å². The summed E-state index contributed by atoms with van der Waals surface area (Å²) in [5.74, 6) is -1.43. The summed E-state index contributed by atoms with van der Waals surface area (Å²) in [5.41, 5.74) is 8.35. The molecule has 4 aromatic rings. The summed E-state index contributed by atoms with van der Waals surface area (Å²) < 4.78 is 29.1. The quantitative estimate of drug-likeness (QED) is 0.543. The van der Waals surface area contributed by atoms with Gasteiger partial charge >= 0.3 is 0 Å². The summed E-state index contributed by atoms with van der Waals surface area (Å²) in [6.45, 7) is 1.78. The minimum Gasteiger partial charge on any atom is -0.368 e. The number of nitrogens with two attached hydrogens (primary N) is 1. The molecule has 0 saturated heterocycles. The molecular weight excluding hydrogens is 362 g/mol. The summed E-state index contributed by atoms with van der Waals surface area (Å²) >= 11 is 6.08. The largest absolute Gasteiger partial charge is 0.368 e. The van der Waals surface area contributed by atoms with Crippen LogP contribution in [-0.2, 0) is 0 Å². The van der Waals surface area contributed by atoms with Crippen LogP contribution in [0, 0.1) is 18.6 Å². The van der Waals surface area contributed by atoms with E-state index in [1.165, 1.54) is 16.9 Å². The highest BCUT2D eigenvalue weighted by atomic mass is 35.5. The fourth-order valence-electron chi connectivity index (χ4n) is 2.82. The van der Waals surface area contributed by atoms with Gasteiger partial charge in [-0.25, -0.2) is 23.7 Å². The van der Waals surface area contributed by atoms with Crippen LogP contribution < -0.4 is 5.73 Å². The monoisotopic (exact) mass is 372 g/mol. The van der Waals surface area contributed by atoms with Crippen molar-refractivity contribution in [2.75, 3.05) is 5.73 Å². The van der Waals surface area contributed by atoms with Gasteiger partial charge in [0.1, 0.15) is 23.1 Å². The van der Waals surface area contributed by atoms with E-state index in [0.29, 0.717) is 22.5 Å². The van der Waals surface area contributed by atoms with Crippen LogP contribution in [0.3, 0.4) is 0 Å². The van der Waals surface area contributed by atoms with E-state index in [1.54, 1.807) is 19.1 Å². The number of aryl methyl sites for hydroxylation is 1. The lowest BCUT2D eigenvalue weighted by Gasteiger charge is -2.13. The highest BCUT2D eigenvalue weighted by molar-refractivity contribution is 6.29. The van der Waals surface area contributed by atoms with Crippen molar-refractivity contribution < 1.29 is 8.78 Å². The van der Waals surface area contributed by atoms with Crippen LogP contribution in [-0.4, -0.2) is 24.6 Å². The Labute approximate surface area is 151 Å². The molecule has 1 aromatic carbocycles. The lowest BCUT2D eigenvalue weighted by Crippen LogP contribution is -2.06. The summed E-state index contributed by atoms with van der Waals surface area (Å²) in [6, 6.07) is 6.62. The van der Waals surface area contributed by atoms with Crippen LogP contribution in [0.2, 0.25) is 5.15 Å². The average Bonchev–Trinajstić information content (AvgIpc) is 3.03. The Bertz CT molecular complexity index is 1140. The highest BCUT2D eigenvalue weighted by Crippen LogP contribution is 2.36. The first-order chi connectivity index (χ1) is 12.4. The summed E-state index contributed by atoms with van der Waals surface area (Å²) in [4.78, 5) is 12.6. The fourth-order valence-corrected chi connectivity index (χ4v) is 3.07. The molecule has 0 amide bonds. The Morgan fingerprint density at radius 3 is 2.65 bits per heavy atom. The van der Waals surface area contributed by atoms with E-state index >= 15 is 0 Å². The third kappa shape index (κ3) is 2.64. The van der Waals surface area contributed by atoms with Crippen LogP contribution in [0.25, 0.3) is 28.0 Å². The molecule has 9 heteroatoms. The molecule has 0 aliphatic carbocycles. The molecule has 3 aromatic heterocycles. The smallest absolute Gasteiger partial charge is 0.223 e. The molecule has 0 fully saturated rings. The maximum absolute atomic E-state index is 14.4. The fraction of sp³-hybridized carbons (Fsp3) is 0.0588. The number of rotatable bonds is 2.